The number of hydrogen-bond acceptors (Lipinski definition) is 9. The molecule has 56 heavy (non-hydrogen) atoms. The Balaban J connectivity index is 0.988. The van der Waals surface area contributed by atoms with E-state index in [-0.39, 0.29) is 58.4 Å². The molecule has 6 rings (SSSR count). The van der Waals surface area contributed by atoms with Gasteiger partial charge in [0.2, 0.25) is 11.2 Å². The second-order valence-electron chi connectivity index (χ2n) is 13.4. The molecule has 2 amide bonds. The number of fused-ring (bicyclic) bond motifs is 1. The van der Waals surface area contributed by atoms with Crippen LogP contribution in [0, 0.1) is 0 Å². The Morgan fingerprint density at radius 2 is 1.59 bits per heavy atom. The van der Waals surface area contributed by atoms with Crippen molar-refractivity contribution in [3.8, 4) is 11.5 Å². The number of aromatic hydroxyl groups is 1. The molecule has 292 valence electrons. The van der Waals surface area contributed by atoms with E-state index in [9.17, 15) is 52.8 Å². The maximum absolute atomic E-state index is 14.1. The Labute approximate surface area is 316 Å². The van der Waals surface area contributed by atoms with E-state index in [0.717, 1.165) is 6.07 Å². The Morgan fingerprint density at radius 1 is 0.875 bits per heavy atom. The number of aliphatic carboxylic acids is 1. The number of alkyl halides is 3. The van der Waals surface area contributed by atoms with Crippen molar-refractivity contribution in [2.45, 2.75) is 49.4 Å². The number of carboxylic acid groups (broad SMARTS) is 1. The number of rotatable bonds is 14. The normalized spacial score (nSPS) is 16.9. The van der Waals surface area contributed by atoms with E-state index in [1.54, 1.807) is 18.2 Å². The fourth-order valence-electron chi connectivity index (χ4n) is 6.58. The quantitative estimate of drug-likeness (QED) is 0.0817. The molecule has 1 saturated carbocycles. The number of amides is 2. The number of pyridine rings is 1. The summed E-state index contributed by atoms with van der Waals surface area (Å²) in [5, 5.41) is 50.4. The number of halogens is 3. The van der Waals surface area contributed by atoms with E-state index >= 15 is 0 Å². The van der Waals surface area contributed by atoms with Gasteiger partial charge in [-0.25, -0.2) is 4.79 Å². The molecule has 16 heteroatoms. The van der Waals surface area contributed by atoms with Crippen molar-refractivity contribution in [2.24, 2.45) is 0 Å². The summed E-state index contributed by atoms with van der Waals surface area (Å²) in [4.78, 5) is 51.8. The van der Waals surface area contributed by atoms with Gasteiger partial charge in [-0.1, -0.05) is 54.6 Å². The number of carbonyl (C=O) groups excluding carboxylic acids is 2. The van der Waals surface area contributed by atoms with Gasteiger partial charge in [0.25, 0.3) is 11.8 Å². The Morgan fingerprint density at radius 3 is 2.30 bits per heavy atom. The minimum atomic E-state index is -4.79. The first-order chi connectivity index (χ1) is 26.6. The van der Waals surface area contributed by atoms with Crippen LogP contribution in [0.4, 0.5) is 13.2 Å². The first-order valence-corrected chi connectivity index (χ1v) is 17.4. The molecule has 0 saturated heterocycles. The maximum atomic E-state index is 14.1. The number of aromatic nitrogens is 1. The zero-order valence-electron chi connectivity index (χ0n) is 29.5. The summed E-state index contributed by atoms with van der Waals surface area (Å²) >= 11 is 0. The number of aromatic amines is 1. The smallest absolute Gasteiger partial charge is 0.416 e. The van der Waals surface area contributed by atoms with Gasteiger partial charge >= 0.3 is 12.1 Å². The van der Waals surface area contributed by atoms with Gasteiger partial charge in [0.05, 0.1) is 17.2 Å². The fourth-order valence-corrected chi connectivity index (χ4v) is 6.58. The van der Waals surface area contributed by atoms with Gasteiger partial charge in [-0.15, -0.1) is 0 Å². The molecule has 13 nitrogen and oxygen atoms in total. The number of benzene rings is 4. The number of phenolic OH excluding ortho intramolecular Hbond substituents is 1. The number of aliphatic hydroxyl groups is 2. The van der Waals surface area contributed by atoms with Crippen LogP contribution < -0.4 is 26.2 Å². The topological polar surface area (TPSA) is 210 Å². The van der Waals surface area contributed by atoms with Crippen LogP contribution in [0.5, 0.6) is 11.5 Å². The zero-order valence-corrected chi connectivity index (χ0v) is 29.5. The third-order valence-electron chi connectivity index (χ3n) is 9.56. The van der Waals surface area contributed by atoms with Crippen LogP contribution in [0.25, 0.3) is 10.9 Å². The van der Waals surface area contributed by atoms with Crippen molar-refractivity contribution in [1.82, 2.24) is 20.9 Å². The van der Waals surface area contributed by atoms with Crippen LogP contribution in [0.1, 0.15) is 57.1 Å². The first kappa shape index (κ1) is 39.5. The van der Waals surface area contributed by atoms with Crippen LogP contribution in [-0.4, -0.2) is 68.4 Å². The standard InChI is InChI=1S/C40H37F3N4O9/c41-40(42,43)31-15-22(9-10-23(31)19-44-20-33(49)29-11-13-32(48)36-30(29)12-14-34(50)47-36)37(52)46-27-17-26(18-27)45-35(51)21-56-28-8-4-7-25(16-28)39(55,38(53)54)24-5-2-1-3-6-24/h1-16,26-27,33,44,48-49,55H,17-21H2,(H,45,51)(H,46,52)(H,47,50)(H,53,54)/t26?,27?,33-,39-/m0/s1. The summed E-state index contributed by atoms with van der Waals surface area (Å²) in [7, 11) is 0. The molecule has 1 fully saturated rings. The minimum absolute atomic E-state index is 0.0252. The second kappa shape index (κ2) is 16.2. The lowest BCUT2D eigenvalue weighted by Gasteiger charge is -2.36. The lowest BCUT2D eigenvalue weighted by molar-refractivity contribution is -0.155. The van der Waals surface area contributed by atoms with Crippen molar-refractivity contribution >= 4 is 28.7 Å². The molecule has 1 aromatic heterocycles. The predicted octanol–water partition coefficient (Wildman–Crippen LogP) is 3.85. The number of aliphatic hydroxyl groups excluding tert-OH is 1. The highest BCUT2D eigenvalue weighted by Gasteiger charge is 2.40. The highest BCUT2D eigenvalue weighted by molar-refractivity contribution is 5.95. The molecule has 8 N–H and O–H groups in total. The number of ether oxygens (including phenoxy) is 1. The van der Waals surface area contributed by atoms with Crippen molar-refractivity contribution in [1.29, 1.82) is 0 Å². The largest absolute Gasteiger partial charge is 0.506 e. The average molecular weight is 775 g/mol. The van der Waals surface area contributed by atoms with Gasteiger partial charge < -0.3 is 46.1 Å². The lowest BCUT2D eigenvalue weighted by Crippen LogP contribution is -2.54. The van der Waals surface area contributed by atoms with Crippen molar-refractivity contribution < 1.29 is 52.7 Å². The molecular formula is C40H37F3N4O9. The Kier molecular flexibility index (Phi) is 11.4. The molecule has 5 aromatic rings. The highest BCUT2D eigenvalue weighted by atomic mass is 19.4. The number of phenols is 1. The number of carboxylic acids is 1. The second-order valence-corrected chi connectivity index (χ2v) is 13.4. The molecule has 0 aliphatic heterocycles. The van der Waals surface area contributed by atoms with E-state index in [1.165, 1.54) is 72.8 Å². The SMILES string of the molecule is O=C(COc1cccc([C@](O)(C(=O)O)c2ccccc2)c1)NC1CC(NC(=O)c2ccc(CNC[C@H](O)c3ccc(O)c4[nH]c(=O)ccc34)c(C(F)(F)F)c2)C1. The van der Waals surface area contributed by atoms with Crippen molar-refractivity contribution in [2.75, 3.05) is 13.2 Å². The van der Waals surface area contributed by atoms with Gasteiger partial charge in [-0.05, 0) is 65.9 Å². The molecule has 4 aromatic carbocycles. The van der Waals surface area contributed by atoms with Gasteiger partial charge in [0.1, 0.15) is 11.5 Å². The van der Waals surface area contributed by atoms with Crippen molar-refractivity contribution in [3.63, 3.8) is 0 Å². The maximum Gasteiger partial charge on any atom is 0.416 e. The molecule has 0 bridgehead atoms. The molecule has 1 aliphatic rings. The highest BCUT2D eigenvalue weighted by Crippen LogP contribution is 2.34. The van der Waals surface area contributed by atoms with Crippen LogP contribution in [0.2, 0.25) is 0 Å². The van der Waals surface area contributed by atoms with Gasteiger partial charge in [0.15, 0.2) is 6.61 Å². The Hall–Kier alpha value is -6.23. The molecule has 1 aliphatic carbocycles. The van der Waals surface area contributed by atoms with Gasteiger partial charge in [-0.2, -0.15) is 13.2 Å². The number of nitrogens with one attached hydrogen (secondary N) is 4. The molecule has 0 radical (unpaired) electrons. The fraction of sp³-hybridized carbons (Fsp3) is 0.250. The molecular weight excluding hydrogens is 737 g/mol. The third kappa shape index (κ3) is 8.67. The van der Waals surface area contributed by atoms with Gasteiger partial charge in [-0.3, -0.25) is 14.4 Å². The van der Waals surface area contributed by atoms with Crippen molar-refractivity contribution in [3.05, 3.63) is 141 Å². The summed E-state index contributed by atoms with van der Waals surface area (Å²) in [6.07, 6.45) is -5.35. The zero-order chi connectivity index (χ0) is 40.2. The van der Waals surface area contributed by atoms with Crippen LogP contribution in [0.15, 0.2) is 102 Å². The van der Waals surface area contributed by atoms with Crippen LogP contribution in [0.3, 0.4) is 0 Å². The summed E-state index contributed by atoms with van der Waals surface area (Å²) in [5.74, 6) is -2.77. The van der Waals surface area contributed by atoms with Crippen LogP contribution in [-0.2, 0) is 27.9 Å². The first-order valence-electron chi connectivity index (χ1n) is 17.4. The van der Waals surface area contributed by atoms with E-state index < -0.39 is 59.4 Å². The number of hydrogen-bond donors (Lipinski definition) is 8. The Bertz CT molecular complexity index is 2310. The summed E-state index contributed by atoms with van der Waals surface area (Å²) in [5.41, 5.74) is -3.59. The molecule has 0 spiro atoms. The monoisotopic (exact) mass is 774 g/mol. The predicted molar refractivity (Wildman–Crippen MR) is 196 cm³/mol. The van der Waals surface area contributed by atoms with E-state index in [2.05, 4.69) is 20.9 Å². The van der Waals surface area contributed by atoms with E-state index in [1.807, 2.05) is 0 Å². The summed E-state index contributed by atoms with van der Waals surface area (Å²) < 4.78 is 47.8. The molecule has 2 atom stereocenters. The molecule has 1 heterocycles. The minimum Gasteiger partial charge on any atom is -0.506 e. The van der Waals surface area contributed by atoms with E-state index in [0.29, 0.717) is 23.8 Å². The number of H-pyrrole nitrogens is 1. The van der Waals surface area contributed by atoms with Crippen LogP contribution >= 0.6 is 0 Å². The summed E-state index contributed by atoms with van der Waals surface area (Å²) in [6, 6.07) is 21.4. The average Bonchev–Trinajstić information content (AvgIpc) is 3.16. The van der Waals surface area contributed by atoms with Gasteiger partial charge in [0, 0.05) is 47.8 Å². The third-order valence-corrected chi connectivity index (χ3v) is 9.56. The number of carbonyl (C=O) groups is 3. The summed E-state index contributed by atoms with van der Waals surface area (Å²) in [6.45, 7) is -0.884. The molecule has 0 unspecified atom stereocenters. The lowest BCUT2D eigenvalue weighted by atomic mass is 9.86. The van der Waals surface area contributed by atoms with E-state index in [4.69, 9.17) is 4.74 Å².